The lowest BCUT2D eigenvalue weighted by atomic mass is 9.90. The van der Waals surface area contributed by atoms with Gasteiger partial charge in [-0.05, 0) is 19.3 Å². The average molecular weight is 309 g/mol. The van der Waals surface area contributed by atoms with Gasteiger partial charge in [-0.3, -0.25) is 5.32 Å². The molecule has 0 saturated carbocycles. The molecule has 0 aliphatic carbocycles. The van der Waals surface area contributed by atoms with Crippen LogP contribution in [0.25, 0.3) is 0 Å². The molecule has 3 nitrogen and oxygen atoms in total. The van der Waals surface area contributed by atoms with E-state index in [1.54, 1.807) is 20.8 Å². The van der Waals surface area contributed by atoms with Crippen molar-refractivity contribution >= 4 is 6.09 Å². The van der Waals surface area contributed by atoms with Crippen LogP contribution in [0.15, 0.2) is 0 Å². The van der Waals surface area contributed by atoms with Gasteiger partial charge < -0.3 is 4.74 Å². The predicted octanol–water partition coefficient (Wildman–Crippen LogP) is 4.03. The van der Waals surface area contributed by atoms with Gasteiger partial charge in [-0.15, -0.1) is 0 Å². The quantitative estimate of drug-likeness (QED) is 0.782. The highest BCUT2D eigenvalue weighted by Gasteiger charge is 2.69. The van der Waals surface area contributed by atoms with Gasteiger partial charge in [0.15, 0.2) is 0 Å². The molecule has 0 aromatic rings. The van der Waals surface area contributed by atoms with Gasteiger partial charge in [-0.2, -0.15) is 26.3 Å². The topological polar surface area (TPSA) is 38.3 Å². The zero-order valence-corrected chi connectivity index (χ0v) is 11.7. The van der Waals surface area contributed by atoms with Gasteiger partial charge in [0.2, 0.25) is 5.54 Å². The van der Waals surface area contributed by atoms with Crippen LogP contribution in [-0.4, -0.2) is 30.1 Å². The van der Waals surface area contributed by atoms with Crippen LogP contribution < -0.4 is 5.32 Å². The minimum Gasteiger partial charge on any atom is -0.446 e. The Morgan fingerprint density at radius 2 is 1.30 bits per heavy atom. The summed E-state index contributed by atoms with van der Waals surface area (Å²) in [6, 6.07) is 0. The molecule has 120 valence electrons. The molecule has 1 unspecified atom stereocenters. The fourth-order valence-electron chi connectivity index (χ4n) is 0.873. The fraction of sp³-hybridized carbons (Fsp3) is 0.909. The predicted molar refractivity (Wildman–Crippen MR) is 59.0 cm³/mol. The number of carbonyl (C=O) groups is 1. The number of ether oxygens (including phenoxy) is 1. The zero-order valence-electron chi connectivity index (χ0n) is 11.7. The Bertz CT molecular complexity index is 341. The molecule has 1 amide bonds. The third-order valence-electron chi connectivity index (χ3n) is 2.99. The first-order valence-electron chi connectivity index (χ1n) is 5.64. The van der Waals surface area contributed by atoms with Crippen molar-refractivity contribution in [3.63, 3.8) is 0 Å². The highest BCUT2D eigenvalue weighted by Crippen LogP contribution is 2.42. The number of hydrogen-bond donors (Lipinski definition) is 1. The van der Waals surface area contributed by atoms with E-state index in [9.17, 15) is 31.1 Å². The second-order valence-electron chi connectivity index (χ2n) is 5.66. The maximum absolute atomic E-state index is 12.5. The summed E-state index contributed by atoms with van der Waals surface area (Å²) in [5.74, 6) is 0. The lowest BCUT2D eigenvalue weighted by molar-refractivity contribution is -0.299. The number of amides is 1. The molecule has 20 heavy (non-hydrogen) atoms. The van der Waals surface area contributed by atoms with Gasteiger partial charge in [-0.1, -0.05) is 20.8 Å². The molecule has 1 N–H and O–H groups in total. The van der Waals surface area contributed by atoms with E-state index in [1.807, 2.05) is 0 Å². The van der Waals surface area contributed by atoms with Gasteiger partial charge in [-0.25, -0.2) is 4.79 Å². The fourth-order valence-corrected chi connectivity index (χ4v) is 0.873. The Kier molecular flexibility index (Phi) is 5.02. The molecule has 0 heterocycles. The minimum absolute atomic E-state index is 0.157. The van der Waals surface area contributed by atoms with Crippen molar-refractivity contribution < 1.29 is 35.9 Å². The van der Waals surface area contributed by atoms with E-state index in [1.165, 1.54) is 6.92 Å². The number of alkyl carbamates (subject to hydrolysis) is 1. The van der Waals surface area contributed by atoms with Gasteiger partial charge in [0.1, 0.15) is 6.10 Å². The lowest BCUT2D eigenvalue weighted by Crippen LogP contribution is -2.65. The van der Waals surface area contributed by atoms with E-state index >= 15 is 0 Å². The van der Waals surface area contributed by atoms with Crippen LogP contribution in [0.4, 0.5) is 31.1 Å². The molecule has 0 rings (SSSR count). The SMILES string of the molecule is CC(OC(=O)NC(C)(C(F)(F)F)C(F)(F)F)C(C)(C)C. The van der Waals surface area contributed by atoms with Crippen LogP contribution >= 0.6 is 0 Å². The Balaban J connectivity index is 5.10. The summed E-state index contributed by atoms with van der Waals surface area (Å²) in [7, 11) is 0. The molecular formula is C11H17F6NO2. The van der Waals surface area contributed by atoms with Gasteiger partial charge in [0.05, 0.1) is 0 Å². The van der Waals surface area contributed by atoms with Crippen molar-refractivity contribution in [1.29, 1.82) is 0 Å². The van der Waals surface area contributed by atoms with Crippen molar-refractivity contribution in [3.05, 3.63) is 0 Å². The first-order valence-corrected chi connectivity index (χ1v) is 5.64. The summed E-state index contributed by atoms with van der Waals surface area (Å²) >= 11 is 0. The Hall–Kier alpha value is -1.15. The third kappa shape index (κ3) is 4.17. The van der Waals surface area contributed by atoms with E-state index in [2.05, 4.69) is 4.74 Å². The Morgan fingerprint density at radius 3 is 1.55 bits per heavy atom. The molecule has 0 aromatic heterocycles. The van der Waals surface area contributed by atoms with Crippen LogP contribution in [0.1, 0.15) is 34.6 Å². The summed E-state index contributed by atoms with van der Waals surface area (Å²) < 4.78 is 79.8. The van der Waals surface area contributed by atoms with Crippen molar-refractivity contribution in [1.82, 2.24) is 5.32 Å². The highest BCUT2D eigenvalue weighted by molar-refractivity contribution is 5.69. The molecule has 0 aliphatic rings. The summed E-state index contributed by atoms with van der Waals surface area (Å²) in [6.45, 7) is 6.08. The number of halogens is 6. The normalized spacial score (nSPS) is 15.8. The molecule has 0 aromatic carbocycles. The van der Waals surface area contributed by atoms with Gasteiger partial charge >= 0.3 is 18.4 Å². The lowest BCUT2D eigenvalue weighted by Gasteiger charge is -2.35. The largest absolute Gasteiger partial charge is 0.446 e. The highest BCUT2D eigenvalue weighted by atomic mass is 19.4. The van der Waals surface area contributed by atoms with Crippen LogP contribution in [0, 0.1) is 5.41 Å². The average Bonchev–Trinajstić information content (AvgIpc) is 2.11. The summed E-state index contributed by atoms with van der Waals surface area (Å²) in [4.78, 5) is 11.3. The molecule has 1 atom stereocenters. The van der Waals surface area contributed by atoms with Crippen molar-refractivity contribution in [2.75, 3.05) is 0 Å². The maximum atomic E-state index is 12.5. The first-order chi connectivity index (χ1) is 8.52. The van der Waals surface area contributed by atoms with Crippen LogP contribution in [-0.2, 0) is 4.74 Å². The molecule has 9 heteroatoms. The van der Waals surface area contributed by atoms with Crippen molar-refractivity contribution in [2.24, 2.45) is 5.41 Å². The van der Waals surface area contributed by atoms with E-state index < -0.39 is 35.5 Å². The Morgan fingerprint density at radius 1 is 0.950 bits per heavy atom. The van der Waals surface area contributed by atoms with Gasteiger partial charge in [0.25, 0.3) is 0 Å². The number of carbonyl (C=O) groups excluding carboxylic acids is 1. The number of rotatable bonds is 2. The van der Waals surface area contributed by atoms with Gasteiger partial charge in [0, 0.05) is 0 Å². The van der Waals surface area contributed by atoms with E-state index in [0.29, 0.717) is 0 Å². The van der Waals surface area contributed by atoms with E-state index in [-0.39, 0.29) is 6.92 Å². The number of alkyl halides is 6. The molecule has 0 radical (unpaired) electrons. The second-order valence-corrected chi connectivity index (χ2v) is 5.66. The van der Waals surface area contributed by atoms with Crippen molar-refractivity contribution in [3.8, 4) is 0 Å². The number of hydrogen-bond acceptors (Lipinski definition) is 2. The zero-order chi connectivity index (χ0) is 16.6. The summed E-state index contributed by atoms with van der Waals surface area (Å²) in [5, 5.41) is 0.865. The third-order valence-corrected chi connectivity index (χ3v) is 2.99. The monoisotopic (exact) mass is 309 g/mol. The molecule has 0 saturated heterocycles. The molecule has 0 aliphatic heterocycles. The van der Waals surface area contributed by atoms with E-state index in [4.69, 9.17) is 0 Å². The summed E-state index contributed by atoms with van der Waals surface area (Å²) in [6.07, 6.45) is -14.0. The molecule has 0 bridgehead atoms. The van der Waals surface area contributed by atoms with Crippen LogP contribution in [0.2, 0.25) is 0 Å². The Labute approximate surface area is 112 Å². The minimum atomic E-state index is -5.70. The molecular weight excluding hydrogens is 292 g/mol. The van der Waals surface area contributed by atoms with Crippen LogP contribution in [0.5, 0.6) is 0 Å². The van der Waals surface area contributed by atoms with E-state index in [0.717, 1.165) is 5.32 Å². The van der Waals surface area contributed by atoms with Crippen molar-refractivity contribution in [2.45, 2.75) is 58.6 Å². The second kappa shape index (κ2) is 5.33. The standard InChI is InChI=1S/C11H17F6NO2/c1-6(8(2,3)4)20-7(19)18-9(5,10(12,13)14)11(15,16)17/h6H,1-5H3,(H,18,19). The molecule has 0 spiro atoms. The van der Waals surface area contributed by atoms with Crippen LogP contribution in [0.3, 0.4) is 0 Å². The summed E-state index contributed by atoms with van der Waals surface area (Å²) in [5.41, 5.74) is -4.99. The number of nitrogens with one attached hydrogen (secondary N) is 1. The smallest absolute Gasteiger partial charge is 0.420 e. The molecule has 0 fully saturated rings. The first kappa shape index (κ1) is 18.9. The maximum Gasteiger partial charge on any atom is 0.420 e.